The van der Waals surface area contributed by atoms with Gasteiger partial charge in [0.2, 0.25) is 0 Å². The number of hydrogen-bond donors (Lipinski definition) is 1. The molecule has 2 aromatic carbocycles. The summed E-state index contributed by atoms with van der Waals surface area (Å²) in [4.78, 5) is 0. The number of rotatable bonds is 6. The predicted molar refractivity (Wildman–Crippen MR) is 94.5 cm³/mol. The highest BCUT2D eigenvalue weighted by Crippen LogP contribution is 2.26. The Morgan fingerprint density at radius 2 is 1.88 bits per heavy atom. The second kappa shape index (κ2) is 7.15. The summed E-state index contributed by atoms with van der Waals surface area (Å²) in [6, 6.07) is 19.1. The normalized spacial score (nSPS) is 11.9. The Kier molecular flexibility index (Phi) is 4.77. The first-order valence-corrected chi connectivity index (χ1v) is 7.83. The molecule has 122 valence electrons. The average molecular weight is 320 g/mol. The van der Waals surface area contributed by atoms with E-state index in [1.54, 1.807) is 10.8 Å². The standard InChI is InChI=1S/C20H20N2O2/c1-3-13-24-18-11-9-16(10-12-18)20(23)19-14-15(2)21-22(19)17-7-5-4-6-8-17/h3-12,14,20,23H,1,13H2,2H3. The van der Waals surface area contributed by atoms with Crippen LogP contribution in [0.15, 0.2) is 73.3 Å². The van der Waals surface area contributed by atoms with E-state index in [1.807, 2.05) is 67.6 Å². The van der Waals surface area contributed by atoms with Gasteiger partial charge in [-0.05, 0) is 42.8 Å². The number of hydrogen-bond acceptors (Lipinski definition) is 3. The summed E-state index contributed by atoms with van der Waals surface area (Å²) in [6.45, 7) is 6.01. The zero-order valence-corrected chi connectivity index (χ0v) is 13.6. The first-order chi connectivity index (χ1) is 11.7. The minimum Gasteiger partial charge on any atom is -0.490 e. The minimum absolute atomic E-state index is 0.460. The second-order valence-corrected chi connectivity index (χ2v) is 5.53. The van der Waals surface area contributed by atoms with Crippen LogP contribution in [0.4, 0.5) is 0 Å². The van der Waals surface area contributed by atoms with Crippen LogP contribution in [0.2, 0.25) is 0 Å². The van der Waals surface area contributed by atoms with Crippen LogP contribution in [0.25, 0.3) is 5.69 Å². The zero-order valence-electron chi connectivity index (χ0n) is 13.6. The number of nitrogens with zero attached hydrogens (tertiary/aromatic N) is 2. The van der Waals surface area contributed by atoms with Gasteiger partial charge in [0, 0.05) is 0 Å². The van der Waals surface area contributed by atoms with Gasteiger partial charge in [-0.1, -0.05) is 43.0 Å². The van der Waals surface area contributed by atoms with Crippen molar-refractivity contribution in [2.24, 2.45) is 0 Å². The molecule has 0 radical (unpaired) electrons. The zero-order chi connectivity index (χ0) is 16.9. The third-order valence-electron chi connectivity index (χ3n) is 3.70. The maximum atomic E-state index is 10.8. The van der Waals surface area contributed by atoms with E-state index in [-0.39, 0.29) is 0 Å². The van der Waals surface area contributed by atoms with Crippen molar-refractivity contribution >= 4 is 0 Å². The Bertz CT molecular complexity index is 807. The molecule has 1 aromatic heterocycles. The van der Waals surface area contributed by atoms with Gasteiger partial charge < -0.3 is 9.84 Å². The molecule has 3 rings (SSSR count). The number of benzene rings is 2. The van der Waals surface area contributed by atoms with Crippen molar-refractivity contribution in [3.05, 3.63) is 90.3 Å². The van der Waals surface area contributed by atoms with Crippen LogP contribution in [0.3, 0.4) is 0 Å². The smallest absolute Gasteiger partial charge is 0.121 e. The SMILES string of the molecule is C=CCOc1ccc(C(O)c2cc(C)nn2-c2ccccc2)cc1. The van der Waals surface area contributed by atoms with Gasteiger partial charge >= 0.3 is 0 Å². The summed E-state index contributed by atoms with van der Waals surface area (Å²) in [5.74, 6) is 0.749. The van der Waals surface area contributed by atoms with Crippen molar-refractivity contribution in [1.29, 1.82) is 0 Å². The summed E-state index contributed by atoms with van der Waals surface area (Å²) >= 11 is 0. The summed E-state index contributed by atoms with van der Waals surface area (Å²) in [5, 5.41) is 15.3. The van der Waals surface area contributed by atoms with Crippen LogP contribution in [-0.2, 0) is 0 Å². The highest BCUT2D eigenvalue weighted by atomic mass is 16.5. The Morgan fingerprint density at radius 1 is 1.17 bits per heavy atom. The lowest BCUT2D eigenvalue weighted by atomic mass is 10.1. The maximum absolute atomic E-state index is 10.8. The molecule has 3 aromatic rings. The van der Waals surface area contributed by atoms with Crippen molar-refractivity contribution in [3.63, 3.8) is 0 Å². The molecular weight excluding hydrogens is 300 g/mol. The quantitative estimate of drug-likeness (QED) is 0.702. The van der Waals surface area contributed by atoms with E-state index < -0.39 is 6.10 Å². The Labute approximate surface area is 141 Å². The molecule has 0 saturated heterocycles. The number of aliphatic hydroxyl groups is 1. The number of para-hydroxylation sites is 1. The average Bonchev–Trinajstić information content (AvgIpc) is 3.02. The van der Waals surface area contributed by atoms with Crippen LogP contribution < -0.4 is 4.74 Å². The number of aromatic nitrogens is 2. The molecule has 1 heterocycles. The molecule has 0 aliphatic carbocycles. The van der Waals surface area contributed by atoms with Crippen LogP contribution in [0, 0.1) is 6.92 Å². The molecule has 0 bridgehead atoms. The number of aryl methyl sites for hydroxylation is 1. The molecule has 1 atom stereocenters. The van der Waals surface area contributed by atoms with E-state index in [0.717, 1.165) is 28.4 Å². The molecule has 0 fully saturated rings. The fourth-order valence-electron chi connectivity index (χ4n) is 2.56. The molecule has 0 saturated carbocycles. The van der Waals surface area contributed by atoms with Gasteiger partial charge in [0.1, 0.15) is 18.5 Å². The maximum Gasteiger partial charge on any atom is 0.121 e. The van der Waals surface area contributed by atoms with Gasteiger partial charge in [0.15, 0.2) is 0 Å². The van der Waals surface area contributed by atoms with E-state index in [9.17, 15) is 5.11 Å². The van der Waals surface area contributed by atoms with E-state index in [1.165, 1.54) is 0 Å². The van der Waals surface area contributed by atoms with E-state index in [4.69, 9.17) is 4.74 Å². The van der Waals surface area contributed by atoms with Gasteiger partial charge in [-0.15, -0.1) is 0 Å². The molecule has 4 heteroatoms. The summed E-state index contributed by atoms with van der Waals surface area (Å²) in [5.41, 5.74) is 3.31. The second-order valence-electron chi connectivity index (χ2n) is 5.53. The Morgan fingerprint density at radius 3 is 2.54 bits per heavy atom. The largest absolute Gasteiger partial charge is 0.490 e. The molecule has 0 aliphatic rings. The van der Waals surface area contributed by atoms with Crippen molar-refractivity contribution < 1.29 is 9.84 Å². The van der Waals surface area contributed by atoms with Crippen molar-refractivity contribution in [1.82, 2.24) is 9.78 Å². The van der Waals surface area contributed by atoms with E-state index in [2.05, 4.69) is 11.7 Å². The number of aliphatic hydroxyl groups excluding tert-OH is 1. The monoisotopic (exact) mass is 320 g/mol. The first-order valence-electron chi connectivity index (χ1n) is 7.83. The van der Waals surface area contributed by atoms with Gasteiger partial charge in [0.05, 0.1) is 17.1 Å². The Balaban J connectivity index is 1.90. The third kappa shape index (κ3) is 3.39. The lowest BCUT2D eigenvalue weighted by molar-refractivity contribution is 0.212. The predicted octanol–water partition coefficient (Wildman–Crippen LogP) is 3.83. The first kappa shape index (κ1) is 16.0. The molecule has 24 heavy (non-hydrogen) atoms. The van der Waals surface area contributed by atoms with Crippen molar-refractivity contribution in [2.45, 2.75) is 13.0 Å². The molecule has 1 N–H and O–H groups in total. The fraction of sp³-hybridized carbons (Fsp3) is 0.150. The van der Waals surface area contributed by atoms with Crippen molar-refractivity contribution in [3.8, 4) is 11.4 Å². The third-order valence-corrected chi connectivity index (χ3v) is 3.70. The topological polar surface area (TPSA) is 47.3 Å². The van der Waals surface area contributed by atoms with Gasteiger partial charge in [-0.2, -0.15) is 5.10 Å². The summed E-state index contributed by atoms with van der Waals surface area (Å²) in [7, 11) is 0. The van der Waals surface area contributed by atoms with E-state index in [0.29, 0.717) is 6.61 Å². The van der Waals surface area contributed by atoms with E-state index >= 15 is 0 Å². The van der Waals surface area contributed by atoms with Crippen LogP contribution in [-0.4, -0.2) is 21.5 Å². The summed E-state index contributed by atoms with van der Waals surface area (Å²) < 4.78 is 7.26. The lowest BCUT2D eigenvalue weighted by Gasteiger charge is -2.14. The van der Waals surface area contributed by atoms with Crippen LogP contribution >= 0.6 is 0 Å². The van der Waals surface area contributed by atoms with Gasteiger partial charge in [0.25, 0.3) is 0 Å². The molecule has 0 amide bonds. The van der Waals surface area contributed by atoms with Gasteiger partial charge in [-0.3, -0.25) is 0 Å². The van der Waals surface area contributed by atoms with Crippen molar-refractivity contribution in [2.75, 3.05) is 6.61 Å². The molecule has 4 nitrogen and oxygen atoms in total. The summed E-state index contributed by atoms with van der Waals surface area (Å²) in [6.07, 6.45) is 0.934. The van der Waals surface area contributed by atoms with Crippen LogP contribution in [0.5, 0.6) is 5.75 Å². The van der Waals surface area contributed by atoms with Gasteiger partial charge in [-0.25, -0.2) is 4.68 Å². The lowest BCUT2D eigenvalue weighted by Crippen LogP contribution is -2.08. The molecular formula is C20H20N2O2. The highest BCUT2D eigenvalue weighted by Gasteiger charge is 2.18. The fourth-order valence-corrected chi connectivity index (χ4v) is 2.56. The molecule has 0 aliphatic heterocycles. The van der Waals surface area contributed by atoms with Crippen LogP contribution in [0.1, 0.15) is 23.1 Å². The molecule has 0 spiro atoms. The number of ether oxygens (including phenoxy) is 1. The minimum atomic E-state index is -0.764. The Hall–Kier alpha value is -2.85. The highest BCUT2D eigenvalue weighted by molar-refractivity contribution is 5.38. The molecule has 1 unspecified atom stereocenters.